The van der Waals surface area contributed by atoms with Crippen LogP contribution in [0.5, 0.6) is 0 Å². The van der Waals surface area contributed by atoms with Gasteiger partial charge in [-0.1, -0.05) is 52.0 Å². The molecule has 3 aliphatic heterocycles. The van der Waals surface area contributed by atoms with Gasteiger partial charge in [0.25, 0.3) is 23.6 Å². The third-order valence-electron chi connectivity index (χ3n) is 7.19. The van der Waals surface area contributed by atoms with Gasteiger partial charge in [0.15, 0.2) is 0 Å². The van der Waals surface area contributed by atoms with Crippen molar-refractivity contribution in [1.82, 2.24) is 20.4 Å². The molecule has 1 saturated heterocycles. The molecular formula is C32H40N4O8. The highest BCUT2D eigenvalue weighted by Crippen LogP contribution is 2.28. The Kier molecular flexibility index (Phi) is 11.9. The summed E-state index contributed by atoms with van der Waals surface area (Å²) in [4.78, 5) is 73.1. The number of fused-ring (bicyclic) bond motifs is 2. The number of imide groups is 2. The number of carboxylic acids is 2. The molecule has 44 heavy (non-hydrogen) atoms. The number of nitrogens with zero attached hydrogens (tertiary/aromatic N) is 2. The second-order valence-corrected chi connectivity index (χ2v) is 11.5. The van der Waals surface area contributed by atoms with Gasteiger partial charge < -0.3 is 20.8 Å². The van der Waals surface area contributed by atoms with E-state index in [-0.39, 0.29) is 46.9 Å². The van der Waals surface area contributed by atoms with Crippen LogP contribution in [0.15, 0.2) is 48.5 Å². The molecule has 2 atom stereocenters. The SMILES string of the molecule is C1CNCCN1.CC(C)CC(C(=O)O)N1C(=O)c2ccccc2C1=O.CC(C)CC(C(=O)O)N1C(=O)c2ccccc2C1=O. The average Bonchev–Trinajstić information content (AvgIpc) is 3.40. The van der Waals surface area contributed by atoms with Crippen molar-refractivity contribution in [3.05, 3.63) is 70.8 Å². The smallest absolute Gasteiger partial charge is 0.326 e. The number of piperazine rings is 1. The van der Waals surface area contributed by atoms with E-state index in [4.69, 9.17) is 0 Å². The van der Waals surface area contributed by atoms with Gasteiger partial charge in [0.2, 0.25) is 0 Å². The molecule has 4 amide bonds. The number of carbonyl (C=O) groups is 6. The second-order valence-electron chi connectivity index (χ2n) is 11.5. The van der Waals surface area contributed by atoms with Gasteiger partial charge in [-0.3, -0.25) is 29.0 Å². The summed E-state index contributed by atoms with van der Waals surface area (Å²) in [6, 6.07) is 10.6. The Morgan fingerprint density at radius 3 is 1.02 bits per heavy atom. The van der Waals surface area contributed by atoms with Gasteiger partial charge in [-0.05, 0) is 48.9 Å². The fourth-order valence-corrected chi connectivity index (χ4v) is 5.11. The summed E-state index contributed by atoms with van der Waals surface area (Å²) in [6.45, 7) is 12.0. The van der Waals surface area contributed by atoms with Gasteiger partial charge in [-0.2, -0.15) is 0 Å². The predicted molar refractivity (Wildman–Crippen MR) is 161 cm³/mol. The number of hydrogen-bond acceptors (Lipinski definition) is 8. The van der Waals surface area contributed by atoms with Gasteiger partial charge in [-0.15, -0.1) is 0 Å². The first kappa shape index (κ1) is 34.1. The van der Waals surface area contributed by atoms with E-state index in [0.29, 0.717) is 0 Å². The molecule has 2 aromatic rings. The Labute approximate surface area is 256 Å². The van der Waals surface area contributed by atoms with Gasteiger partial charge in [0.1, 0.15) is 12.1 Å². The first-order valence-corrected chi connectivity index (χ1v) is 14.7. The largest absolute Gasteiger partial charge is 0.480 e. The van der Waals surface area contributed by atoms with E-state index in [2.05, 4.69) is 10.6 Å². The Bertz CT molecular complexity index is 1220. The van der Waals surface area contributed by atoms with E-state index >= 15 is 0 Å². The Hall–Kier alpha value is -4.42. The summed E-state index contributed by atoms with van der Waals surface area (Å²) in [5, 5.41) is 24.9. The van der Waals surface area contributed by atoms with E-state index in [0.717, 1.165) is 36.0 Å². The van der Waals surface area contributed by atoms with Crippen LogP contribution >= 0.6 is 0 Å². The normalized spacial score (nSPS) is 17.0. The highest BCUT2D eigenvalue weighted by molar-refractivity contribution is 6.23. The minimum absolute atomic E-state index is 0.0745. The quantitative estimate of drug-likeness (QED) is 0.326. The molecule has 0 bridgehead atoms. The number of carbonyl (C=O) groups excluding carboxylic acids is 4. The number of aliphatic carboxylic acids is 2. The van der Waals surface area contributed by atoms with Crippen molar-refractivity contribution in [2.75, 3.05) is 26.2 Å². The van der Waals surface area contributed by atoms with Gasteiger partial charge in [0.05, 0.1) is 22.3 Å². The lowest BCUT2D eigenvalue weighted by atomic mass is 10.0. The number of hydrogen-bond donors (Lipinski definition) is 4. The summed E-state index contributed by atoms with van der Waals surface area (Å²) < 4.78 is 0. The highest BCUT2D eigenvalue weighted by Gasteiger charge is 2.44. The number of carboxylic acid groups (broad SMARTS) is 2. The third kappa shape index (κ3) is 7.94. The van der Waals surface area contributed by atoms with Crippen molar-refractivity contribution >= 4 is 35.6 Å². The van der Waals surface area contributed by atoms with Crippen LogP contribution < -0.4 is 10.6 Å². The molecule has 2 aromatic carbocycles. The van der Waals surface area contributed by atoms with Crippen LogP contribution in [0.3, 0.4) is 0 Å². The minimum atomic E-state index is -1.15. The molecule has 2 unspecified atom stereocenters. The maximum atomic E-state index is 12.2. The van der Waals surface area contributed by atoms with Crippen LogP contribution in [-0.2, 0) is 9.59 Å². The summed E-state index contributed by atoms with van der Waals surface area (Å²) >= 11 is 0. The summed E-state index contributed by atoms with van der Waals surface area (Å²) in [5.41, 5.74) is 1.12. The molecule has 1 fully saturated rings. The standard InChI is InChI=1S/2C14H15NO4.C4H10N2/c2*1-8(2)7-11(14(18)19)15-12(16)9-5-3-4-6-10(9)13(15)17;1-2-6-4-3-5-1/h2*3-6,8,11H,7H2,1-2H3,(H,18,19);5-6H,1-4H2. The Morgan fingerprint density at radius 1 is 0.591 bits per heavy atom. The lowest BCUT2D eigenvalue weighted by Gasteiger charge is -2.23. The van der Waals surface area contributed by atoms with Gasteiger partial charge >= 0.3 is 11.9 Å². The topological polar surface area (TPSA) is 173 Å². The van der Waals surface area contributed by atoms with Crippen molar-refractivity contribution in [1.29, 1.82) is 0 Å². The first-order valence-electron chi connectivity index (χ1n) is 14.7. The van der Waals surface area contributed by atoms with Crippen LogP contribution in [-0.4, -0.2) is 93.8 Å². The Morgan fingerprint density at radius 2 is 0.841 bits per heavy atom. The number of rotatable bonds is 8. The summed E-state index contributed by atoms with van der Waals surface area (Å²) in [7, 11) is 0. The minimum Gasteiger partial charge on any atom is -0.480 e. The van der Waals surface area contributed by atoms with Crippen molar-refractivity contribution in [2.45, 2.75) is 52.6 Å². The van der Waals surface area contributed by atoms with Crippen molar-refractivity contribution in [3.63, 3.8) is 0 Å². The molecule has 4 N–H and O–H groups in total. The molecule has 0 spiro atoms. The maximum absolute atomic E-state index is 12.2. The van der Waals surface area contributed by atoms with E-state index in [1.165, 1.54) is 0 Å². The third-order valence-corrected chi connectivity index (χ3v) is 7.19. The summed E-state index contributed by atoms with van der Waals surface area (Å²) in [6.07, 6.45) is 0.502. The molecule has 0 saturated carbocycles. The van der Waals surface area contributed by atoms with E-state index in [1.54, 1.807) is 48.5 Å². The number of nitrogens with one attached hydrogen (secondary N) is 2. The van der Waals surface area contributed by atoms with E-state index in [1.807, 2.05) is 27.7 Å². The molecule has 5 rings (SSSR count). The fourth-order valence-electron chi connectivity index (χ4n) is 5.11. The van der Waals surface area contributed by atoms with E-state index in [9.17, 15) is 39.0 Å². The first-order chi connectivity index (χ1) is 20.9. The summed E-state index contributed by atoms with van der Waals surface area (Å²) in [5.74, 6) is -4.23. The van der Waals surface area contributed by atoms with Crippen molar-refractivity contribution in [2.24, 2.45) is 11.8 Å². The average molecular weight is 609 g/mol. The fraction of sp³-hybridized carbons (Fsp3) is 0.438. The highest BCUT2D eigenvalue weighted by atomic mass is 16.4. The molecule has 0 aromatic heterocycles. The van der Waals surface area contributed by atoms with Crippen LogP contribution in [0.2, 0.25) is 0 Å². The molecule has 3 heterocycles. The zero-order valence-corrected chi connectivity index (χ0v) is 25.4. The Balaban J connectivity index is 0.000000202. The van der Waals surface area contributed by atoms with Crippen LogP contribution in [0, 0.1) is 11.8 Å². The number of benzene rings is 2. The van der Waals surface area contributed by atoms with Crippen molar-refractivity contribution < 1.29 is 39.0 Å². The molecule has 0 radical (unpaired) electrons. The molecule has 0 aliphatic carbocycles. The molecule has 12 heteroatoms. The lowest BCUT2D eigenvalue weighted by molar-refractivity contribution is -0.142. The maximum Gasteiger partial charge on any atom is 0.326 e. The van der Waals surface area contributed by atoms with Crippen LogP contribution in [0.1, 0.15) is 82.0 Å². The zero-order valence-electron chi connectivity index (χ0n) is 25.4. The molecular weight excluding hydrogens is 568 g/mol. The van der Waals surface area contributed by atoms with Gasteiger partial charge in [0, 0.05) is 26.2 Å². The second kappa shape index (κ2) is 15.3. The monoisotopic (exact) mass is 608 g/mol. The molecule has 12 nitrogen and oxygen atoms in total. The molecule has 3 aliphatic rings. The van der Waals surface area contributed by atoms with E-state index < -0.39 is 47.7 Å². The van der Waals surface area contributed by atoms with Crippen LogP contribution in [0.4, 0.5) is 0 Å². The van der Waals surface area contributed by atoms with Gasteiger partial charge in [-0.25, -0.2) is 9.59 Å². The van der Waals surface area contributed by atoms with Crippen molar-refractivity contribution in [3.8, 4) is 0 Å². The zero-order chi connectivity index (χ0) is 32.6. The molecule has 236 valence electrons. The number of amides is 4. The predicted octanol–water partition coefficient (Wildman–Crippen LogP) is 2.74. The van der Waals surface area contributed by atoms with Crippen LogP contribution in [0.25, 0.3) is 0 Å². The lowest BCUT2D eigenvalue weighted by Crippen LogP contribution is -2.45.